The molecule has 260 valence electrons. The number of hydrogen-bond acceptors (Lipinski definition) is 9. The number of carbonyl (C=O) groups is 1. The van der Waals surface area contributed by atoms with Gasteiger partial charge in [-0.2, -0.15) is 18.3 Å². The molecule has 0 saturated heterocycles. The first-order valence-corrected chi connectivity index (χ1v) is 19.3. The Morgan fingerprint density at radius 3 is 2.50 bits per heavy atom. The number of anilines is 2. The molecule has 16 heteroatoms. The van der Waals surface area contributed by atoms with E-state index < -0.39 is 43.0 Å². The molecule has 1 aliphatic rings. The molecule has 2 N–H and O–H groups in total. The predicted molar refractivity (Wildman–Crippen MR) is 176 cm³/mol. The van der Waals surface area contributed by atoms with Crippen LogP contribution < -0.4 is 21.3 Å². The zero-order valence-electron chi connectivity index (χ0n) is 27.6. The fourth-order valence-corrected chi connectivity index (χ4v) is 5.71. The van der Waals surface area contributed by atoms with E-state index >= 15 is 0 Å². The monoisotopic (exact) mass is 691 g/mol. The van der Waals surface area contributed by atoms with E-state index in [0.29, 0.717) is 41.5 Å². The molecule has 1 unspecified atom stereocenters. The maximum atomic E-state index is 14.1. The minimum atomic E-state index is -4.94. The number of hydroxylamine groups is 1. The van der Waals surface area contributed by atoms with Crippen molar-refractivity contribution in [2.75, 3.05) is 36.5 Å². The SMILES string of the molecule is CC1CN(c2ncc(-c3ccccc3F)cn2)CC=C1CC(=O)NOC[C@H](C)Nc1cnn(COCC[Si](C)(C)C)c(=O)c1C(F)(F)F. The lowest BCUT2D eigenvalue weighted by Gasteiger charge is -2.31. The van der Waals surface area contributed by atoms with E-state index in [1.165, 1.54) is 6.07 Å². The molecule has 1 aliphatic heterocycles. The molecule has 0 spiro atoms. The number of aromatic nitrogens is 4. The van der Waals surface area contributed by atoms with Crippen molar-refractivity contribution in [3.8, 4) is 11.1 Å². The number of nitrogens with zero attached hydrogens (tertiary/aromatic N) is 5. The molecule has 0 radical (unpaired) electrons. The lowest BCUT2D eigenvalue weighted by molar-refractivity contribution is -0.138. The summed E-state index contributed by atoms with van der Waals surface area (Å²) in [6.45, 7) is 10.7. The average Bonchev–Trinajstić information content (AvgIpc) is 3.00. The van der Waals surface area contributed by atoms with Crippen molar-refractivity contribution in [1.82, 2.24) is 25.2 Å². The molecule has 48 heavy (non-hydrogen) atoms. The summed E-state index contributed by atoms with van der Waals surface area (Å²) in [5.41, 5.74) is 0.997. The third-order valence-corrected chi connectivity index (χ3v) is 9.33. The Kier molecular flexibility index (Phi) is 12.1. The second-order valence-corrected chi connectivity index (χ2v) is 18.6. The number of nitrogens with one attached hydrogen (secondary N) is 2. The standard InChI is InChI=1S/C32H41F4N7O4Si/c1-21-18-42(31-37-15-24(16-38-31)25-8-6-7-9-26(25)33)11-10-23(21)14-28(44)41-47-19-22(2)40-27-17-39-43(20-46-12-13-48(3,4)5)30(45)29(27)32(34,35)36/h6-10,15-17,21-22,40H,11-14,18-20H2,1-5H3,(H,41,44)/t21?,22-/m0/s1. The van der Waals surface area contributed by atoms with Crippen molar-refractivity contribution in [2.45, 2.75) is 64.9 Å². The fraction of sp³-hybridized carbons (Fsp3) is 0.469. The van der Waals surface area contributed by atoms with Crippen LogP contribution in [0.3, 0.4) is 0 Å². The van der Waals surface area contributed by atoms with Crippen molar-refractivity contribution in [3.63, 3.8) is 0 Å². The van der Waals surface area contributed by atoms with Gasteiger partial charge in [-0.3, -0.25) is 14.4 Å². The summed E-state index contributed by atoms with van der Waals surface area (Å²) in [7, 11) is -1.41. The van der Waals surface area contributed by atoms with E-state index in [-0.39, 0.29) is 31.5 Å². The third-order valence-electron chi connectivity index (χ3n) is 7.63. The van der Waals surface area contributed by atoms with Crippen LogP contribution in [0, 0.1) is 11.7 Å². The summed E-state index contributed by atoms with van der Waals surface area (Å²) < 4.78 is 61.8. The van der Waals surface area contributed by atoms with Crippen LogP contribution in [0.5, 0.6) is 0 Å². The van der Waals surface area contributed by atoms with E-state index in [9.17, 15) is 27.2 Å². The maximum Gasteiger partial charge on any atom is 0.423 e. The largest absolute Gasteiger partial charge is 0.423 e. The highest BCUT2D eigenvalue weighted by molar-refractivity contribution is 6.76. The van der Waals surface area contributed by atoms with Crippen molar-refractivity contribution < 1.29 is 31.9 Å². The zero-order chi connectivity index (χ0) is 35.1. The normalized spacial score (nSPS) is 16.0. The lowest BCUT2D eigenvalue weighted by Crippen LogP contribution is -2.37. The molecule has 1 amide bonds. The first kappa shape index (κ1) is 36.7. The van der Waals surface area contributed by atoms with Crippen molar-refractivity contribution in [2.24, 2.45) is 5.92 Å². The van der Waals surface area contributed by atoms with Crippen molar-refractivity contribution >= 4 is 25.6 Å². The van der Waals surface area contributed by atoms with Crippen LogP contribution in [-0.2, 0) is 27.3 Å². The van der Waals surface area contributed by atoms with Gasteiger partial charge in [-0.05, 0) is 25.0 Å². The highest BCUT2D eigenvalue weighted by Gasteiger charge is 2.38. The Bertz CT molecular complexity index is 1650. The molecular weight excluding hydrogens is 650 g/mol. The molecule has 11 nitrogen and oxygen atoms in total. The Labute approximate surface area is 277 Å². The molecule has 0 saturated carbocycles. The highest BCUT2D eigenvalue weighted by atomic mass is 28.3. The maximum absolute atomic E-state index is 14.1. The topological polar surface area (TPSA) is 124 Å². The smallest absolute Gasteiger partial charge is 0.378 e. The van der Waals surface area contributed by atoms with E-state index in [0.717, 1.165) is 17.8 Å². The highest BCUT2D eigenvalue weighted by Crippen LogP contribution is 2.32. The lowest BCUT2D eigenvalue weighted by atomic mass is 9.94. The van der Waals surface area contributed by atoms with Gasteiger partial charge in [-0.25, -0.2) is 24.5 Å². The van der Waals surface area contributed by atoms with Gasteiger partial charge in [0.25, 0.3) is 5.56 Å². The molecular formula is C32H41F4N7O4Si. The van der Waals surface area contributed by atoms with Crippen molar-refractivity contribution in [3.05, 3.63) is 76.2 Å². The van der Waals surface area contributed by atoms with E-state index in [1.807, 2.05) is 17.9 Å². The molecule has 3 aromatic rings. The van der Waals surface area contributed by atoms with Gasteiger partial charge in [0.05, 0.1) is 24.9 Å². The summed E-state index contributed by atoms with van der Waals surface area (Å²) in [4.78, 5) is 41.3. The molecule has 4 rings (SSSR count). The average molecular weight is 692 g/mol. The van der Waals surface area contributed by atoms with Gasteiger partial charge in [0.2, 0.25) is 11.9 Å². The van der Waals surface area contributed by atoms with Crippen LogP contribution in [0.15, 0.2) is 59.3 Å². The van der Waals surface area contributed by atoms with Gasteiger partial charge in [0.1, 0.15) is 18.1 Å². The fourth-order valence-electron chi connectivity index (χ4n) is 4.95. The van der Waals surface area contributed by atoms with Gasteiger partial charge in [-0.1, -0.05) is 56.4 Å². The van der Waals surface area contributed by atoms with Gasteiger partial charge in [-0.15, -0.1) is 0 Å². The molecule has 2 aromatic heterocycles. The molecule has 0 fully saturated rings. The molecule has 0 bridgehead atoms. The zero-order valence-corrected chi connectivity index (χ0v) is 28.6. The number of rotatable bonds is 14. The second kappa shape index (κ2) is 15.8. The molecule has 1 aromatic carbocycles. The van der Waals surface area contributed by atoms with Crippen LogP contribution >= 0.6 is 0 Å². The van der Waals surface area contributed by atoms with Gasteiger partial charge < -0.3 is 15.0 Å². The summed E-state index contributed by atoms with van der Waals surface area (Å²) in [6, 6.07) is 6.47. The van der Waals surface area contributed by atoms with Gasteiger partial charge in [0.15, 0.2) is 0 Å². The summed E-state index contributed by atoms with van der Waals surface area (Å²) >= 11 is 0. The Morgan fingerprint density at radius 2 is 1.85 bits per heavy atom. The van der Waals surface area contributed by atoms with Gasteiger partial charge >= 0.3 is 6.18 Å². The summed E-state index contributed by atoms with van der Waals surface area (Å²) in [5, 5.41) is 6.47. The minimum absolute atomic E-state index is 0.0129. The first-order valence-electron chi connectivity index (χ1n) is 15.6. The summed E-state index contributed by atoms with van der Waals surface area (Å²) in [5.74, 6) is -0.307. The Morgan fingerprint density at radius 1 is 1.15 bits per heavy atom. The molecule has 3 heterocycles. The number of carbonyl (C=O) groups excluding carboxylic acids is 1. The number of alkyl halides is 3. The van der Waals surface area contributed by atoms with Crippen LogP contribution in [0.25, 0.3) is 11.1 Å². The first-order chi connectivity index (χ1) is 22.6. The number of ether oxygens (including phenoxy) is 1. The van der Waals surface area contributed by atoms with Gasteiger partial charge in [0, 0.05) is 57.3 Å². The minimum Gasteiger partial charge on any atom is -0.378 e. The van der Waals surface area contributed by atoms with Crippen LogP contribution in [0.4, 0.5) is 29.2 Å². The number of amides is 1. The molecule has 0 aliphatic carbocycles. The third kappa shape index (κ3) is 10.2. The Hall–Kier alpha value is -4.15. The Balaban J connectivity index is 1.26. The number of hydrogen-bond donors (Lipinski definition) is 2. The van der Waals surface area contributed by atoms with Crippen molar-refractivity contribution in [1.29, 1.82) is 0 Å². The van der Waals surface area contributed by atoms with E-state index in [2.05, 4.69) is 45.5 Å². The predicted octanol–water partition coefficient (Wildman–Crippen LogP) is 5.49. The number of benzene rings is 1. The quantitative estimate of drug-likeness (QED) is 0.0743. The van der Waals surface area contributed by atoms with E-state index in [1.54, 1.807) is 37.5 Å². The van der Waals surface area contributed by atoms with E-state index in [4.69, 9.17) is 9.57 Å². The van der Waals surface area contributed by atoms with Crippen LogP contribution in [0.1, 0.15) is 25.8 Å². The van der Waals surface area contributed by atoms with Crippen LogP contribution in [0.2, 0.25) is 25.7 Å². The number of halogens is 4. The molecule has 2 atom stereocenters. The summed E-state index contributed by atoms with van der Waals surface area (Å²) in [6.07, 6.45) is 1.12. The van der Waals surface area contributed by atoms with Crippen LogP contribution in [-0.4, -0.2) is 66.1 Å². The second-order valence-electron chi connectivity index (χ2n) is 13.0.